The maximum absolute atomic E-state index is 9.39. The van der Waals surface area contributed by atoms with Gasteiger partial charge in [0.25, 0.3) is 0 Å². The quantitative estimate of drug-likeness (QED) is 0.716. The van der Waals surface area contributed by atoms with Crippen LogP contribution in [-0.2, 0) is 6.42 Å². The first-order valence-corrected chi connectivity index (χ1v) is 4.61. The average Bonchev–Trinajstić information content (AvgIpc) is 2.05. The summed E-state index contributed by atoms with van der Waals surface area (Å²) in [5.74, 6) is 0.601. The van der Waals surface area contributed by atoms with Crippen LogP contribution in [0.2, 0.25) is 0 Å². The number of hydrogen-bond acceptors (Lipinski definition) is 1. The zero-order chi connectivity index (χ0) is 8.97. The molecule has 0 aromatic heterocycles. The molecule has 0 saturated carbocycles. The molecule has 0 aliphatic rings. The van der Waals surface area contributed by atoms with Gasteiger partial charge in [-0.25, -0.2) is 0 Å². The number of rotatable bonds is 3. The number of benzene rings is 1. The van der Waals surface area contributed by atoms with Crippen LogP contribution in [0.3, 0.4) is 0 Å². The summed E-state index contributed by atoms with van der Waals surface area (Å²) in [6, 6.07) is 7.84. The predicted molar refractivity (Wildman–Crippen MR) is 51.5 cm³/mol. The fourth-order valence-electron chi connectivity index (χ4n) is 1.27. The van der Waals surface area contributed by atoms with Crippen LogP contribution in [-0.4, -0.2) is 11.0 Å². The molecule has 1 rings (SSSR count). The van der Waals surface area contributed by atoms with Crippen molar-refractivity contribution >= 4 is 11.6 Å². The molecule has 2 heteroatoms. The third kappa shape index (κ3) is 2.23. The van der Waals surface area contributed by atoms with Gasteiger partial charge in [-0.2, -0.15) is 0 Å². The number of alkyl halides is 1. The number of aryl methyl sites for hydroxylation is 1. The molecule has 0 saturated heterocycles. The van der Waals surface area contributed by atoms with E-state index in [1.165, 1.54) is 0 Å². The Labute approximate surface area is 78.0 Å². The Bertz CT molecular complexity index is 245. The lowest BCUT2D eigenvalue weighted by molar-refractivity contribution is 0.198. The molecule has 0 radical (unpaired) electrons. The van der Waals surface area contributed by atoms with Crippen molar-refractivity contribution in [1.29, 1.82) is 0 Å². The van der Waals surface area contributed by atoms with Crippen LogP contribution in [0.15, 0.2) is 24.3 Å². The molecule has 12 heavy (non-hydrogen) atoms. The monoisotopic (exact) mass is 184 g/mol. The van der Waals surface area contributed by atoms with Crippen molar-refractivity contribution in [3.8, 4) is 0 Å². The Hall–Kier alpha value is -0.530. The van der Waals surface area contributed by atoms with E-state index in [0.717, 1.165) is 17.5 Å². The first-order valence-electron chi connectivity index (χ1n) is 4.07. The molecule has 1 atom stereocenters. The van der Waals surface area contributed by atoms with Crippen molar-refractivity contribution in [2.75, 3.05) is 5.88 Å². The fraction of sp³-hybridized carbons (Fsp3) is 0.400. The van der Waals surface area contributed by atoms with E-state index < -0.39 is 6.10 Å². The molecule has 66 valence electrons. The second-order valence-corrected chi connectivity index (χ2v) is 3.19. The molecule has 1 N–H and O–H groups in total. The summed E-state index contributed by atoms with van der Waals surface area (Å²) in [6.45, 7) is 1.77. The first kappa shape index (κ1) is 9.56. The Kier molecular flexibility index (Phi) is 3.57. The molecule has 1 unspecified atom stereocenters. The average molecular weight is 185 g/mol. The normalized spacial score (nSPS) is 12.9. The molecule has 0 amide bonds. The largest absolute Gasteiger partial charge is 0.389 e. The molecule has 0 bridgehead atoms. The Morgan fingerprint density at radius 2 is 2.08 bits per heavy atom. The number of halogens is 1. The third-order valence-corrected chi connectivity index (χ3v) is 2.06. The van der Waals surface area contributed by atoms with Crippen molar-refractivity contribution in [1.82, 2.24) is 0 Å². The van der Waals surface area contributed by atoms with Crippen LogP contribution in [0.25, 0.3) is 0 Å². The second-order valence-electron chi connectivity index (χ2n) is 2.81. The highest BCUT2D eigenvalue weighted by Crippen LogP contribution is 2.17. The molecular formula is C10H13ClO. The van der Waals surface area contributed by atoms with Crippen molar-refractivity contribution in [3.05, 3.63) is 35.4 Å². The van der Waals surface area contributed by atoms with Gasteiger partial charge in [-0.15, -0.1) is 11.6 Å². The smallest absolute Gasteiger partial charge is 0.0764 e. The van der Waals surface area contributed by atoms with Gasteiger partial charge < -0.3 is 5.11 Å². The van der Waals surface area contributed by atoms with E-state index in [1.54, 1.807) is 6.92 Å². The minimum atomic E-state index is -0.399. The minimum Gasteiger partial charge on any atom is -0.389 e. The highest BCUT2D eigenvalue weighted by Gasteiger charge is 2.05. The van der Waals surface area contributed by atoms with Crippen LogP contribution < -0.4 is 0 Å². The van der Waals surface area contributed by atoms with Crippen LogP contribution in [0.5, 0.6) is 0 Å². The van der Waals surface area contributed by atoms with Gasteiger partial charge in [-0.3, -0.25) is 0 Å². The van der Waals surface area contributed by atoms with Gasteiger partial charge in [0, 0.05) is 5.88 Å². The fourth-order valence-corrected chi connectivity index (χ4v) is 1.47. The zero-order valence-corrected chi connectivity index (χ0v) is 7.88. The molecule has 0 spiro atoms. The second kappa shape index (κ2) is 4.48. The SMILES string of the molecule is CC(O)c1ccccc1CCCl. The maximum Gasteiger partial charge on any atom is 0.0764 e. The molecular weight excluding hydrogens is 172 g/mol. The molecule has 0 aliphatic heterocycles. The Morgan fingerprint density at radius 1 is 1.42 bits per heavy atom. The lowest BCUT2D eigenvalue weighted by atomic mass is 10.0. The van der Waals surface area contributed by atoms with Gasteiger partial charge in [0.05, 0.1) is 6.10 Å². The van der Waals surface area contributed by atoms with Crippen molar-refractivity contribution in [2.24, 2.45) is 0 Å². The number of aliphatic hydroxyl groups is 1. The van der Waals surface area contributed by atoms with Crippen molar-refractivity contribution in [3.63, 3.8) is 0 Å². The summed E-state index contributed by atoms with van der Waals surface area (Å²) in [4.78, 5) is 0. The predicted octanol–water partition coefficient (Wildman–Crippen LogP) is 2.52. The van der Waals surface area contributed by atoms with E-state index in [0.29, 0.717) is 5.88 Å². The van der Waals surface area contributed by atoms with Crippen LogP contribution in [0, 0.1) is 0 Å². The number of hydrogen-bond donors (Lipinski definition) is 1. The van der Waals surface area contributed by atoms with E-state index in [4.69, 9.17) is 11.6 Å². The van der Waals surface area contributed by atoms with E-state index in [9.17, 15) is 5.11 Å². The maximum atomic E-state index is 9.39. The number of aliphatic hydroxyl groups excluding tert-OH is 1. The van der Waals surface area contributed by atoms with Crippen molar-refractivity contribution < 1.29 is 5.11 Å². The van der Waals surface area contributed by atoms with Gasteiger partial charge in [0.15, 0.2) is 0 Å². The molecule has 0 aliphatic carbocycles. The third-order valence-electron chi connectivity index (χ3n) is 1.87. The van der Waals surface area contributed by atoms with Gasteiger partial charge >= 0.3 is 0 Å². The molecule has 0 fully saturated rings. The highest BCUT2D eigenvalue weighted by atomic mass is 35.5. The van der Waals surface area contributed by atoms with Crippen LogP contribution in [0.4, 0.5) is 0 Å². The van der Waals surface area contributed by atoms with E-state index >= 15 is 0 Å². The molecule has 1 nitrogen and oxygen atoms in total. The minimum absolute atomic E-state index is 0.399. The van der Waals surface area contributed by atoms with Crippen LogP contribution >= 0.6 is 11.6 Å². The summed E-state index contributed by atoms with van der Waals surface area (Å²) < 4.78 is 0. The molecule has 0 heterocycles. The summed E-state index contributed by atoms with van der Waals surface area (Å²) in [7, 11) is 0. The lowest BCUT2D eigenvalue weighted by Crippen LogP contribution is -1.98. The first-order chi connectivity index (χ1) is 5.75. The van der Waals surface area contributed by atoms with Gasteiger partial charge in [-0.1, -0.05) is 24.3 Å². The van der Waals surface area contributed by atoms with E-state index in [-0.39, 0.29) is 0 Å². The van der Waals surface area contributed by atoms with Gasteiger partial charge in [-0.05, 0) is 24.5 Å². The molecule has 1 aromatic carbocycles. The standard InChI is InChI=1S/C10H13ClO/c1-8(12)10-5-3-2-4-9(10)6-7-11/h2-5,8,12H,6-7H2,1H3. The Morgan fingerprint density at radius 3 is 2.67 bits per heavy atom. The van der Waals surface area contributed by atoms with Crippen LogP contribution in [0.1, 0.15) is 24.2 Å². The van der Waals surface area contributed by atoms with Crippen molar-refractivity contribution in [2.45, 2.75) is 19.4 Å². The highest BCUT2D eigenvalue weighted by molar-refractivity contribution is 6.18. The lowest BCUT2D eigenvalue weighted by Gasteiger charge is -2.09. The topological polar surface area (TPSA) is 20.2 Å². The molecule has 1 aromatic rings. The summed E-state index contributed by atoms with van der Waals surface area (Å²) in [6.07, 6.45) is 0.423. The van der Waals surface area contributed by atoms with E-state index in [1.807, 2.05) is 24.3 Å². The Balaban J connectivity index is 2.92. The zero-order valence-electron chi connectivity index (χ0n) is 7.13. The summed E-state index contributed by atoms with van der Waals surface area (Å²) in [5.41, 5.74) is 2.13. The summed E-state index contributed by atoms with van der Waals surface area (Å²) >= 11 is 5.63. The van der Waals surface area contributed by atoms with Gasteiger partial charge in [0.2, 0.25) is 0 Å². The van der Waals surface area contributed by atoms with Gasteiger partial charge in [0.1, 0.15) is 0 Å². The summed E-state index contributed by atoms with van der Waals surface area (Å²) in [5, 5.41) is 9.39. The van der Waals surface area contributed by atoms with E-state index in [2.05, 4.69) is 0 Å².